The molecule has 1 amide bonds. The highest BCUT2D eigenvalue weighted by molar-refractivity contribution is 7.12. The third-order valence-electron chi connectivity index (χ3n) is 9.61. The molecule has 0 bridgehead atoms. The van der Waals surface area contributed by atoms with Crippen LogP contribution in [0.4, 0.5) is 0 Å². The van der Waals surface area contributed by atoms with Crippen LogP contribution in [0.25, 0.3) is 5.70 Å². The lowest BCUT2D eigenvalue weighted by atomic mass is 9.91. The van der Waals surface area contributed by atoms with Gasteiger partial charge in [-0.1, -0.05) is 18.2 Å². The number of thiophene rings is 2. The van der Waals surface area contributed by atoms with Gasteiger partial charge in [-0.2, -0.15) is 4.99 Å². The van der Waals surface area contributed by atoms with Crippen LogP contribution >= 0.6 is 22.7 Å². The first kappa shape index (κ1) is 34.8. The largest absolute Gasteiger partial charge is 0.486 e. The normalized spacial score (nSPS) is 23.4. The predicted molar refractivity (Wildman–Crippen MR) is 196 cm³/mol. The lowest BCUT2D eigenvalue weighted by Gasteiger charge is -2.45. The number of nitrogens with one attached hydrogen (secondary N) is 1. The van der Waals surface area contributed by atoms with Crippen LogP contribution in [0.2, 0.25) is 0 Å². The van der Waals surface area contributed by atoms with Crippen molar-refractivity contribution in [3.63, 3.8) is 0 Å². The first-order valence-electron chi connectivity index (χ1n) is 17.6. The van der Waals surface area contributed by atoms with Crippen LogP contribution in [0.3, 0.4) is 0 Å². The van der Waals surface area contributed by atoms with E-state index in [9.17, 15) is 9.90 Å². The monoisotopic (exact) mass is 719 g/mol. The number of amidine groups is 1. The maximum Gasteiger partial charge on any atom is 0.247 e. The van der Waals surface area contributed by atoms with Gasteiger partial charge in [0.2, 0.25) is 5.91 Å². The van der Waals surface area contributed by atoms with Gasteiger partial charge in [-0.25, -0.2) is 4.99 Å². The van der Waals surface area contributed by atoms with Crippen LogP contribution in [-0.4, -0.2) is 85.0 Å². The van der Waals surface area contributed by atoms with E-state index in [4.69, 9.17) is 29.7 Å². The lowest BCUT2D eigenvalue weighted by molar-refractivity contribution is -0.156. The Labute approximate surface area is 300 Å². The van der Waals surface area contributed by atoms with Gasteiger partial charge in [0.25, 0.3) is 0 Å². The van der Waals surface area contributed by atoms with Crippen molar-refractivity contribution in [1.82, 2.24) is 10.2 Å². The molecule has 0 spiro atoms. The number of hydrogen-bond acceptors (Lipinski definition) is 11. The van der Waals surface area contributed by atoms with Gasteiger partial charge in [-0.3, -0.25) is 9.69 Å². The summed E-state index contributed by atoms with van der Waals surface area (Å²) in [7, 11) is 0. The SMILES string of the molecule is NC(=NC(=O)CCCC1NC(C(OC(O)CCCC2=NC(c3cccs3)=CCO2)c2ccc3c(c2)OCCO3)CN2CCCC12)c1cccs1. The third kappa shape index (κ3) is 8.64. The van der Waals surface area contributed by atoms with Crippen LogP contribution in [0.15, 0.2) is 69.3 Å². The van der Waals surface area contributed by atoms with Gasteiger partial charge in [0.1, 0.15) is 31.8 Å². The molecule has 11 nitrogen and oxygen atoms in total. The highest BCUT2D eigenvalue weighted by Crippen LogP contribution is 2.38. The van der Waals surface area contributed by atoms with E-state index in [1.807, 2.05) is 53.2 Å². The summed E-state index contributed by atoms with van der Waals surface area (Å²) in [5, 5.41) is 19.2. The molecule has 5 unspecified atom stereocenters. The molecule has 7 rings (SSSR count). The zero-order valence-corrected chi connectivity index (χ0v) is 29.7. The molecule has 4 aliphatic rings. The Morgan fingerprint density at radius 3 is 2.82 bits per heavy atom. The van der Waals surface area contributed by atoms with Crippen molar-refractivity contribution < 1.29 is 28.8 Å². The summed E-state index contributed by atoms with van der Waals surface area (Å²) in [6.07, 6.45) is 6.34. The van der Waals surface area contributed by atoms with E-state index < -0.39 is 12.4 Å². The first-order chi connectivity index (χ1) is 24.5. The minimum atomic E-state index is -0.995. The number of ether oxygens (including phenoxy) is 4. The second-order valence-electron chi connectivity index (χ2n) is 13.0. The van der Waals surface area contributed by atoms with Crippen LogP contribution in [-0.2, 0) is 14.3 Å². The number of benzene rings is 1. The Morgan fingerprint density at radius 1 is 1.12 bits per heavy atom. The van der Waals surface area contributed by atoms with Crippen molar-refractivity contribution in [3.8, 4) is 11.5 Å². The molecule has 2 aromatic heterocycles. The van der Waals surface area contributed by atoms with Crippen molar-refractivity contribution >= 4 is 46.0 Å². The van der Waals surface area contributed by atoms with Crippen LogP contribution in [0, 0.1) is 0 Å². The molecule has 13 heteroatoms. The number of nitrogens with two attached hydrogens (primary N) is 1. The molecule has 6 heterocycles. The number of aliphatic hydroxyl groups is 1. The van der Waals surface area contributed by atoms with Crippen LogP contribution in [0.5, 0.6) is 11.5 Å². The zero-order valence-electron chi connectivity index (χ0n) is 28.1. The lowest BCUT2D eigenvalue weighted by Crippen LogP contribution is -2.62. The second kappa shape index (κ2) is 16.6. The summed E-state index contributed by atoms with van der Waals surface area (Å²) in [4.78, 5) is 26.0. The Morgan fingerprint density at radius 2 is 1.98 bits per heavy atom. The van der Waals surface area contributed by atoms with Gasteiger partial charge in [0.05, 0.1) is 21.5 Å². The third-order valence-corrected chi connectivity index (χ3v) is 11.4. The molecular weight excluding hydrogens is 675 g/mol. The average molecular weight is 720 g/mol. The summed E-state index contributed by atoms with van der Waals surface area (Å²) >= 11 is 3.13. The van der Waals surface area contributed by atoms with Gasteiger partial charge in [-0.05, 0) is 91.7 Å². The van der Waals surface area contributed by atoms with E-state index in [1.165, 1.54) is 11.3 Å². The van der Waals surface area contributed by atoms with Crippen molar-refractivity contribution in [3.05, 3.63) is 74.6 Å². The molecule has 3 aromatic rings. The Bertz CT molecular complexity index is 1680. The van der Waals surface area contributed by atoms with Crippen molar-refractivity contribution in [1.29, 1.82) is 0 Å². The molecule has 4 aliphatic heterocycles. The van der Waals surface area contributed by atoms with Crippen molar-refractivity contribution in [2.24, 2.45) is 15.7 Å². The number of rotatable bonds is 14. The number of carbonyl (C=O) groups excluding carboxylic acids is 1. The van der Waals surface area contributed by atoms with E-state index in [0.29, 0.717) is 75.4 Å². The van der Waals surface area contributed by atoms with Crippen LogP contribution in [0.1, 0.15) is 72.8 Å². The van der Waals surface area contributed by atoms with E-state index >= 15 is 0 Å². The molecule has 0 radical (unpaired) electrons. The summed E-state index contributed by atoms with van der Waals surface area (Å²) in [5.41, 5.74) is 7.92. The molecule has 2 fully saturated rings. The maximum atomic E-state index is 12.7. The first-order valence-corrected chi connectivity index (χ1v) is 19.3. The maximum absolute atomic E-state index is 12.7. The van der Waals surface area contributed by atoms with Gasteiger partial charge < -0.3 is 35.1 Å². The minimum absolute atomic E-state index is 0.0979. The second-order valence-corrected chi connectivity index (χ2v) is 14.9. The molecule has 266 valence electrons. The summed E-state index contributed by atoms with van der Waals surface area (Å²) in [6.45, 7) is 3.30. The fourth-order valence-corrected chi connectivity index (χ4v) is 8.61. The smallest absolute Gasteiger partial charge is 0.247 e. The number of nitrogens with zero attached hydrogens (tertiary/aromatic N) is 3. The standard InChI is InChI=1S/C37H45N5O6S2/c38-37(32-9-5-21-50-32)41-33(43)10-1-6-25-28-7-3-16-42(28)23-27(39-25)36(24-13-14-29-30(22-24)46-19-18-45-29)48-35(44)12-2-11-34-40-26(15-17-47-34)31-8-4-20-49-31/h4-5,8-9,13-15,20-22,25,27-28,35-36,39,44H,1-3,6-7,10-12,16-19,23H2,(H2,38,41,43). The Balaban J connectivity index is 1.01. The number of amides is 1. The van der Waals surface area contributed by atoms with E-state index in [2.05, 4.69) is 21.3 Å². The molecule has 0 aliphatic carbocycles. The number of aliphatic imine (C=N–C) groups is 2. The van der Waals surface area contributed by atoms with Crippen molar-refractivity contribution in [2.45, 2.75) is 81.9 Å². The number of carbonyl (C=O) groups is 1. The quantitative estimate of drug-likeness (QED) is 0.112. The molecule has 5 atom stereocenters. The fourth-order valence-electron chi connectivity index (χ4n) is 7.27. The Hall–Kier alpha value is -3.59. The highest BCUT2D eigenvalue weighted by Gasteiger charge is 2.42. The zero-order chi connectivity index (χ0) is 34.3. The molecule has 1 aromatic carbocycles. The highest BCUT2D eigenvalue weighted by atomic mass is 32.1. The Kier molecular flexibility index (Phi) is 11.6. The van der Waals surface area contributed by atoms with Gasteiger partial charge in [0, 0.05) is 31.5 Å². The van der Waals surface area contributed by atoms with Gasteiger partial charge >= 0.3 is 0 Å². The summed E-state index contributed by atoms with van der Waals surface area (Å²) in [6, 6.07) is 14.2. The molecule has 50 heavy (non-hydrogen) atoms. The summed E-state index contributed by atoms with van der Waals surface area (Å²) in [5.74, 6) is 2.16. The average Bonchev–Trinajstić information content (AvgIpc) is 3.94. The topological polar surface area (TPSA) is 140 Å². The van der Waals surface area contributed by atoms with Gasteiger partial charge in [0.15, 0.2) is 23.7 Å². The predicted octanol–water partition coefficient (Wildman–Crippen LogP) is 5.50. The molecular formula is C37H45N5O6S2. The molecule has 2 saturated heterocycles. The molecule has 4 N–H and O–H groups in total. The van der Waals surface area contributed by atoms with E-state index in [0.717, 1.165) is 53.4 Å². The van der Waals surface area contributed by atoms with E-state index in [-0.39, 0.29) is 23.8 Å². The number of aliphatic hydroxyl groups excluding tert-OH is 1. The fraction of sp³-hybridized carbons (Fsp3) is 0.486. The summed E-state index contributed by atoms with van der Waals surface area (Å²) < 4.78 is 24.1. The van der Waals surface area contributed by atoms with Crippen LogP contribution < -0.4 is 20.5 Å². The number of fused-ring (bicyclic) bond motifs is 2. The number of piperazine rings is 1. The van der Waals surface area contributed by atoms with E-state index in [1.54, 1.807) is 11.3 Å². The number of hydrogen-bond donors (Lipinski definition) is 3. The van der Waals surface area contributed by atoms with Crippen molar-refractivity contribution in [2.75, 3.05) is 32.9 Å². The van der Waals surface area contributed by atoms with Gasteiger partial charge in [-0.15, -0.1) is 22.7 Å². The minimum Gasteiger partial charge on any atom is -0.486 e. The molecule has 0 saturated carbocycles.